The number of rotatable bonds is 2. The van der Waals surface area contributed by atoms with Gasteiger partial charge in [-0.15, -0.1) is 0 Å². The van der Waals surface area contributed by atoms with E-state index >= 15 is 0 Å². The van der Waals surface area contributed by atoms with Crippen LogP contribution in [0.1, 0.15) is 22.3 Å². The van der Waals surface area contributed by atoms with Crippen molar-refractivity contribution in [3.05, 3.63) is 58.7 Å². The summed E-state index contributed by atoms with van der Waals surface area (Å²) in [4.78, 5) is 37.0. The zero-order chi connectivity index (χ0) is 21.7. The molecular formula is C22H19ClN6O2. The molecule has 0 unspecified atom stereocenters. The van der Waals surface area contributed by atoms with Crippen molar-refractivity contribution in [3.8, 4) is 0 Å². The first kappa shape index (κ1) is 19.3. The molecule has 9 heteroatoms. The summed E-state index contributed by atoms with van der Waals surface area (Å²) in [6, 6.07) is 10.9. The Kier molecular flexibility index (Phi) is 4.51. The number of carbonyl (C=O) groups is 2. The number of anilines is 6. The molecule has 2 aliphatic heterocycles. The van der Waals surface area contributed by atoms with Crippen LogP contribution in [0.4, 0.5) is 34.5 Å². The SMILES string of the molecule is CN1C(=O)c2ccc(Cl)cc2N(C)c2nc(Nc3ccc4c(c3)CCC(=O)N4)ncc21. The van der Waals surface area contributed by atoms with Gasteiger partial charge in [0.2, 0.25) is 11.9 Å². The van der Waals surface area contributed by atoms with Crippen LogP contribution < -0.4 is 20.4 Å². The molecule has 2 aliphatic rings. The summed E-state index contributed by atoms with van der Waals surface area (Å²) in [6.07, 6.45) is 2.79. The second-order valence-electron chi connectivity index (χ2n) is 7.53. The molecule has 2 amide bonds. The fourth-order valence-corrected chi connectivity index (χ4v) is 4.03. The normalized spacial score (nSPS) is 14.9. The Morgan fingerprint density at radius 3 is 2.71 bits per heavy atom. The average molecular weight is 435 g/mol. The van der Waals surface area contributed by atoms with Crippen LogP contribution in [-0.2, 0) is 11.2 Å². The van der Waals surface area contributed by atoms with E-state index in [1.807, 2.05) is 30.1 Å². The Bertz CT molecular complexity index is 1240. The maximum Gasteiger partial charge on any atom is 0.260 e. The zero-order valence-electron chi connectivity index (χ0n) is 16.9. The number of amides is 2. The molecule has 3 heterocycles. The van der Waals surface area contributed by atoms with E-state index in [4.69, 9.17) is 11.6 Å². The van der Waals surface area contributed by atoms with Crippen LogP contribution in [0.2, 0.25) is 5.02 Å². The van der Waals surface area contributed by atoms with E-state index in [1.165, 1.54) is 4.90 Å². The maximum absolute atomic E-state index is 12.9. The van der Waals surface area contributed by atoms with Gasteiger partial charge < -0.3 is 20.4 Å². The van der Waals surface area contributed by atoms with Gasteiger partial charge in [0.15, 0.2) is 5.82 Å². The molecule has 0 saturated carbocycles. The van der Waals surface area contributed by atoms with Crippen molar-refractivity contribution in [2.24, 2.45) is 0 Å². The third-order valence-corrected chi connectivity index (χ3v) is 5.78. The van der Waals surface area contributed by atoms with Gasteiger partial charge in [0.05, 0.1) is 17.4 Å². The van der Waals surface area contributed by atoms with Gasteiger partial charge in [-0.1, -0.05) is 11.6 Å². The molecule has 0 radical (unpaired) electrons. The number of aromatic nitrogens is 2. The summed E-state index contributed by atoms with van der Waals surface area (Å²) in [5, 5.41) is 6.64. The Morgan fingerprint density at radius 1 is 1.03 bits per heavy atom. The number of nitrogens with zero attached hydrogens (tertiary/aromatic N) is 4. The Labute approximate surface area is 183 Å². The van der Waals surface area contributed by atoms with E-state index in [1.54, 1.807) is 31.4 Å². The number of hydrogen-bond acceptors (Lipinski definition) is 6. The Balaban J connectivity index is 1.52. The molecular weight excluding hydrogens is 416 g/mol. The highest BCUT2D eigenvalue weighted by atomic mass is 35.5. The smallest absolute Gasteiger partial charge is 0.260 e. The van der Waals surface area contributed by atoms with Crippen LogP contribution in [0.15, 0.2) is 42.6 Å². The highest BCUT2D eigenvalue weighted by Crippen LogP contribution is 2.39. The van der Waals surface area contributed by atoms with E-state index in [0.717, 1.165) is 16.9 Å². The molecule has 0 spiro atoms. The van der Waals surface area contributed by atoms with Crippen LogP contribution in [0.3, 0.4) is 0 Å². The molecule has 0 saturated heterocycles. The molecule has 1 aromatic heterocycles. The van der Waals surface area contributed by atoms with E-state index in [0.29, 0.717) is 46.6 Å². The van der Waals surface area contributed by atoms with Crippen molar-refractivity contribution in [1.29, 1.82) is 0 Å². The van der Waals surface area contributed by atoms with Crippen molar-refractivity contribution in [1.82, 2.24) is 9.97 Å². The minimum Gasteiger partial charge on any atom is -0.327 e. The number of hydrogen-bond donors (Lipinski definition) is 2. The maximum atomic E-state index is 12.9. The molecule has 5 rings (SSSR count). The molecule has 156 valence electrons. The second-order valence-corrected chi connectivity index (χ2v) is 7.97. The van der Waals surface area contributed by atoms with Gasteiger partial charge in [-0.05, 0) is 48.4 Å². The Hall–Kier alpha value is -3.65. The van der Waals surface area contributed by atoms with E-state index in [-0.39, 0.29) is 11.8 Å². The lowest BCUT2D eigenvalue weighted by Crippen LogP contribution is -2.25. The topological polar surface area (TPSA) is 90.5 Å². The standard InChI is InChI=1S/C22H19ClN6O2/c1-28-17-10-13(23)4-6-15(17)21(31)29(2)18-11-24-22(27-20(18)28)25-14-5-7-16-12(9-14)3-8-19(30)26-16/h4-7,9-11H,3,8H2,1-2H3,(H,26,30)(H,24,25,27). The highest BCUT2D eigenvalue weighted by Gasteiger charge is 2.29. The summed E-state index contributed by atoms with van der Waals surface area (Å²) >= 11 is 6.19. The molecule has 3 aromatic rings. The highest BCUT2D eigenvalue weighted by molar-refractivity contribution is 6.31. The van der Waals surface area contributed by atoms with Crippen LogP contribution in [0.5, 0.6) is 0 Å². The molecule has 31 heavy (non-hydrogen) atoms. The lowest BCUT2D eigenvalue weighted by Gasteiger charge is -2.21. The predicted molar refractivity (Wildman–Crippen MR) is 121 cm³/mol. The van der Waals surface area contributed by atoms with Crippen LogP contribution in [-0.4, -0.2) is 35.9 Å². The van der Waals surface area contributed by atoms with E-state index in [9.17, 15) is 9.59 Å². The lowest BCUT2D eigenvalue weighted by atomic mass is 10.0. The zero-order valence-corrected chi connectivity index (χ0v) is 17.7. The molecule has 0 atom stereocenters. The number of halogens is 1. The second kappa shape index (κ2) is 7.24. The van der Waals surface area contributed by atoms with Crippen LogP contribution in [0.25, 0.3) is 0 Å². The van der Waals surface area contributed by atoms with Gasteiger partial charge in [0.1, 0.15) is 5.69 Å². The van der Waals surface area contributed by atoms with Gasteiger partial charge in [-0.25, -0.2) is 4.98 Å². The van der Waals surface area contributed by atoms with Crippen molar-refractivity contribution in [3.63, 3.8) is 0 Å². The van der Waals surface area contributed by atoms with Crippen molar-refractivity contribution in [2.45, 2.75) is 12.8 Å². The molecule has 2 N–H and O–H groups in total. The number of benzene rings is 2. The average Bonchev–Trinajstić information content (AvgIpc) is 2.84. The monoisotopic (exact) mass is 434 g/mol. The first-order chi connectivity index (χ1) is 14.9. The first-order valence-electron chi connectivity index (χ1n) is 9.79. The molecule has 0 fully saturated rings. The largest absolute Gasteiger partial charge is 0.327 e. The quantitative estimate of drug-likeness (QED) is 0.630. The predicted octanol–water partition coefficient (Wildman–Crippen LogP) is 4.12. The van der Waals surface area contributed by atoms with Gasteiger partial charge in [-0.2, -0.15) is 4.98 Å². The number of carbonyl (C=O) groups excluding carboxylic acids is 2. The summed E-state index contributed by atoms with van der Waals surface area (Å²) in [5.41, 5.74) is 4.52. The fourth-order valence-electron chi connectivity index (χ4n) is 3.87. The van der Waals surface area contributed by atoms with Gasteiger partial charge in [0, 0.05) is 36.9 Å². The first-order valence-corrected chi connectivity index (χ1v) is 10.2. The van der Waals surface area contributed by atoms with Crippen molar-refractivity contribution in [2.75, 3.05) is 34.5 Å². The van der Waals surface area contributed by atoms with Crippen molar-refractivity contribution < 1.29 is 9.59 Å². The number of aryl methyl sites for hydroxylation is 1. The fraction of sp³-hybridized carbons (Fsp3) is 0.182. The van der Waals surface area contributed by atoms with Crippen LogP contribution >= 0.6 is 11.6 Å². The molecule has 0 aliphatic carbocycles. The Morgan fingerprint density at radius 2 is 1.87 bits per heavy atom. The summed E-state index contributed by atoms with van der Waals surface area (Å²) in [7, 11) is 3.55. The van der Waals surface area contributed by atoms with E-state index in [2.05, 4.69) is 20.6 Å². The molecule has 8 nitrogen and oxygen atoms in total. The van der Waals surface area contributed by atoms with E-state index < -0.39 is 0 Å². The van der Waals surface area contributed by atoms with Gasteiger partial charge in [-0.3, -0.25) is 9.59 Å². The number of fused-ring (bicyclic) bond motifs is 3. The lowest BCUT2D eigenvalue weighted by molar-refractivity contribution is -0.116. The molecule has 0 bridgehead atoms. The summed E-state index contributed by atoms with van der Waals surface area (Å²) in [6.45, 7) is 0. The van der Waals surface area contributed by atoms with Gasteiger partial charge in [0.25, 0.3) is 5.91 Å². The summed E-state index contributed by atoms with van der Waals surface area (Å²) in [5.74, 6) is 0.860. The minimum absolute atomic E-state index is 0.0318. The minimum atomic E-state index is -0.154. The van der Waals surface area contributed by atoms with Crippen LogP contribution in [0, 0.1) is 0 Å². The molecule has 2 aromatic carbocycles. The van der Waals surface area contributed by atoms with Crippen molar-refractivity contribution >= 4 is 57.9 Å². The third kappa shape index (κ3) is 3.34. The third-order valence-electron chi connectivity index (χ3n) is 5.54. The summed E-state index contributed by atoms with van der Waals surface area (Å²) < 4.78 is 0. The van der Waals surface area contributed by atoms with Gasteiger partial charge >= 0.3 is 0 Å². The number of nitrogens with one attached hydrogen (secondary N) is 2.